The van der Waals surface area contributed by atoms with Crippen LogP contribution in [-0.4, -0.2) is 43.2 Å². The molecule has 0 spiro atoms. The largest absolute Gasteiger partial charge is 0.311 e. The molecule has 1 amide bonds. The fourth-order valence-electron chi connectivity index (χ4n) is 3.69. The van der Waals surface area contributed by atoms with Gasteiger partial charge in [-0.15, -0.1) is 22.0 Å². The van der Waals surface area contributed by atoms with Crippen molar-refractivity contribution < 1.29 is 4.79 Å². The Kier molecular flexibility index (Phi) is 5.52. The van der Waals surface area contributed by atoms with Crippen molar-refractivity contribution in [2.45, 2.75) is 47.5 Å². The number of aromatic nitrogens is 4. The highest BCUT2D eigenvalue weighted by Crippen LogP contribution is 2.41. The lowest BCUT2D eigenvalue weighted by Crippen LogP contribution is -2.33. The summed E-state index contributed by atoms with van der Waals surface area (Å²) in [6.07, 6.45) is 6.79. The zero-order valence-electron chi connectivity index (χ0n) is 16.8. The molecule has 1 aliphatic heterocycles. The summed E-state index contributed by atoms with van der Waals surface area (Å²) in [5.74, 6) is 1.34. The van der Waals surface area contributed by atoms with E-state index in [0.717, 1.165) is 48.0 Å². The minimum Gasteiger partial charge on any atom is -0.311 e. The maximum atomic E-state index is 13.2. The summed E-state index contributed by atoms with van der Waals surface area (Å²) in [4.78, 5) is 20.4. The van der Waals surface area contributed by atoms with Crippen molar-refractivity contribution >= 4 is 35.1 Å². The van der Waals surface area contributed by atoms with Gasteiger partial charge in [-0.2, -0.15) is 0 Å². The van der Waals surface area contributed by atoms with Crippen molar-refractivity contribution in [3.63, 3.8) is 0 Å². The molecule has 1 unspecified atom stereocenters. The lowest BCUT2D eigenvalue weighted by atomic mass is 10.2. The van der Waals surface area contributed by atoms with Gasteiger partial charge in [0.05, 0.1) is 11.4 Å². The first-order valence-electron chi connectivity index (χ1n) is 10.2. The molecule has 5 rings (SSSR count). The first-order chi connectivity index (χ1) is 14.7. The van der Waals surface area contributed by atoms with Gasteiger partial charge in [-0.05, 0) is 43.5 Å². The predicted molar refractivity (Wildman–Crippen MR) is 121 cm³/mol. The number of rotatable bonds is 5. The van der Waals surface area contributed by atoms with Crippen LogP contribution < -0.4 is 4.90 Å². The minimum absolute atomic E-state index is 0.123. The Morgan fingerprint density at radius 2 is 1.93 bits per heavy atom. The van der Waals surface area contributed by atoms with Gasteiger partial charge < -0.3 is 4.90 Å². The molecule has 0 bridgehead atoms. The third kappa shape index (κ3) is 3.98. The molecular weight excluding hydrogens is 414 g/mol. The molecule has 6 nitrogen and oxygen atoms in total. The average molecular weight is 438 g/mol. The molecule has 3 aromatic rings. The lowest BCUT2D eigenvalue weighted by Gasteiger charge is -2.22. The second-order valence-electron chi connectivity index (χ2n) is 7.66. The molecule has 30 heavy (non-hydrogen) atoms. The van der Waals surface area contributed by atoms with Crippen molar-refractivity contribution in [3.8, 4) is 11.4 Å². The van der Waals surface area contributed by atoms with Gasteiger partial charge in [-0.3, -0.25) is 14.3 Å². The number of anilines is 1. The minimum atomic E-state index is 0.123. The number of amides is 1. The number of benzene rings is 1. The number of pyridine rings is 1. The highest BCUT2D eigenvalue weighted by molar-refractivity contribution is 8.00. The number of fused-ring (bicyclic) bond motifs is 1. The van der Waals surface area contributed by atoms with Crippen LogP contribution in [0.2, 0.25) is 0 Å². The molecule has 2 aliphatic rings. The van der Waals surface area contributed by atoms with E-state index in [1.807, 2.05) is 40.9 Å². The van der Waals surface area contributed by atoms with Gasteiger partial charge in [0.1, 0.15) is 0 Å². The van der Waals surface area contributed by atoms with Gasteiger partial charge in [-0.25, -0.2) is 0 Å². The molecule has 0 saturated heterocycles. The van der Waals surface area contributed by atoms with Crippen LogP contribution in [0.15, 0.2) is 58.8 Å². The van der Waals surface area contributed by atoms with E-state index in [-0.39, 0.29) is 5.91 Å². The van der Waals surface area contributed by atoms with Crippen LogP contribution in [-0.2, 0) is 4.79 Å². The Hall–Kier alpha value is -2.32. The molecular formula is C22H23N5OS2. The van der Waals surface area contributed by atoms with Crippen molar-refractivity contribution in [2.75, 3.05) is 17.2 Å². The summed E-state index contributed by atoms with van der Waals surface area (Å²) in [5, 5.41) is 10.2. The van der Waals surface area contributed by atoms with Gasteiger partial charge >= 0.3 is 0 Å². The van der Waals surface area contributed by atoms with Gasteiger partial charge in [0.2, 0.25) is 5.91 Å². The standard InChI is InChI=1S/C22H23N5OS2/c1-15-10-13-26(18-4-2-3-5-19(18)30-15)20(28)14-29-22-25-24-21(27(22)17-6-7-17)16-8-11-23-12-9-16/h2-5,8-9,11-12,15,17H,6-7,10,13-14H2,1H3. The molecule has 154 valence electrons. The van der Waals surface area contributed by atoms with Crippen molar-refractivity contribution in [1.82, 2.24) is 19.7 Å². The van der Waals surface area contributed by atoms with E-state index in [2.05, 4.69) is 38.8 Å². The highest BCUT2D eigenvalue weighted by Gasteiger charge is 2.31. The van der Waals surface area contributed by atoms with Gasteiger partial charge in [0.25, 0.3) is 0 Å². The third-order valence-corrected chi connectivity index (χ3v) is 7.55. The van der Waals surface area contributed by atoms with E-state index in [1.165, 1.54) is 16.7 Å². The molecule has 3 heterocycles. The molecule has 2 aromatic heterocycles. The number of carbonyl (C=O) groups is 1. The smallest absolute Gasteiger partial charge is 0.237 e. The summed E-state index contributed by atoms with van der Waals surface area (Å²) in [7, 11) is 0. The van der Waals surface area contributed by atoms with E-state index < -0.39 is 0 Å². The van der Waals surface area contributed by atoms with Crippen molar-refractivity contribution in [1.29, 1.82) is 0 Å². The molecule has 1 aliphatic carbocycles. The van der Waals surface area contributed by atoms with Crippen LogP contribution >= 0.6 is 23.5 Å². The molecule has 1 saturated carbocycles. The fourth-order valence-corrected chi connectivity index (χ4v) is 5.68. The SMILES string of the molecule is CC1CCN(C(=O)CSc2nnc(-c3ccncc3)n2C2CC2)c2ccccc2S1. The Labute approximate surface area is 184 Å². The fraction of sp³-hybridized carbons (Fsp3) is 0.364. The summed E-state index contributed by atoms with van der Waals surface area (Å²) >= 11 is 3.34. The van der Waals surface area contributed by atoms with Gasteiger partial charge in [-0.1, -0.05) is 30.8 Å². The van der Waals surface area contributed by atoms with Crippen molar-refractivity contribution in [3.05, 3.63) is 48.8 Å². The van der Waals surface area contributed by atoms with E-state index >= 15 is 0 Å². The molecule has 1 fully saturated rings. The van der Waals surface area contributed by atoms with Gasteiger partial charge in [0.15, 0.2) is 11.0 Å². The summed E-state index contributed by atoms with van der Waals surface area (Å²) in [5.41, 5.74) is 2.04. The topological polar surface area (TPSA) is 63.9 Å². The van der Waals surface area contributed by atoms with Crippen LogP contribution in [0.1, 0.15) is 32.2 Å². The first kappa shape index (κ1) is 19.6. The Morgan fingerprint density at radius 3 is 2.73 bits per heavy atom. The number of thioether (sulfide) groups is 2. The second kappa shape index (κ2) is 8.43. The molecule has 1 atom stereocenters. The summed E-state index contributed by atoms with van der Waals surface area (Å²) in [6.45, 7) is 2.98. The van der Waals surface area contributed by atoms with E-state index in [4.69, 9.17) is 0 Å². The predicted octanol–water partition coefficient (Wildman–Crippen LogP) is 4.68. The van der Waals surface area contributed by atoms with Crippen molar-refractivity contribution in [2.24, 2.45) is 0 Å². The monoisotopic (exact) mass is 437 g/mol. The zero-order chi connectivity index (χ0) is 20.5. The normalized spacial score (nSPS) is 18.7. The average Bonchev–Trinajstić information content (AvgIpc) is 3.55. The highest BCUT2D eigenvalue weighted by atomic mass is 32.2. The molecule has 1 aromatic carbocycles. The lowest BCUT2D eigenvalue weighted by molar-refractivity contribution is -0.116. The quantitative estimate of drug-likeness (QED) is 0.540. The van der Waals surface area contributed by atoms with E-state index in [9.17, 15) is 4.79 Å². The second-order valence-corrected chi connectivity index (χ2v) is 10.1. The number of nitrogens with zero attached hydrogens (tertiary/aromatic N) is 5. The Bertz CT molecular complexity index is 1050. The maximum Gasteiger partial charge on any atom is 0.237 e. The number of hydrogen-bond donors (Lipinski definition) is 0. The summed E-state index contributed by atoms with van der Waals surface area (Å²) < 4.78 is 2.20. The Morgan fingerprint density at radius 1 is 1.13 bits per heavy atom. The van der Waals surface area contributed by atoms with Crippen LogP contribution in [0.4, 0.5) is 5.69 Å². The first-order valence-corrected chi connectivity index (χ1v) is 12.1. The molecule has 0 radical (unpaired) electrons. The van der Waals surface area contributed by atoms with E-state index in [0.29, 0.717) is 17.0 Å². The molecule has 8 heteroatoms. The number of carbonyl (C=O) groups excluding carboxylic acids is 1. The number of para-hydroxylation sites is 1. The van der Waals surface area contributed by atoms with Crippen LogP contribution in [0, 0.1) is 0 Å². The third-order valence-electron chi connectivity index (χ3n) is 5.38. The number of hydrogen-bond acceptors (Lipinski definition) is 6. The maximum absolute atomic E-state index is 13.2. The Balaban J connectivity index is 1.36. The van der Waals surface area contributed by atoms with Crippen LogP contribution in [0.5, 0.6) is 0 Å². The summed E-state index contributed by atoms with van der Waals surface area (Å²) in [6, 6.07) is 12.5. The van der Waals surface area contributed by atoms with Gasteiger partial charge in [0, 0.05) is 40.7 Å². The molecule has 0 N–H and O–H groups in total. The van der Waals surface area contributed by atoms with Crippen LogP contribution in [0.3, 0.4) is 0 Å². The van der Waals surface area contributed by atoms with Crippen LogP contribution in [0.25, 0.3) is 11.4 Å². The van der Waals surface area contributed by atoms with E-state index in [1.54, 1.807) is 12.4 Å². The zero-order valence-corrected chi connectivity index (χ0v) is 18.4.